The number of fused-ring (bicyclic) bond motifs is 1. The van der Waals surface area contributed by atoms with E-state index in [0.29, 0.717) is 25.1 Å². The van der Waals surface area contributed by atoms with Gasteiger partial charge in [-0.1, -0.05) is 31.2 Å². The van der Waals surface area contributed by atoms with Crippen molar-refractivity contribution in [2.75, 3.05) is 6.54 Å². The standard InChI is InChI=1S/C20H24N2O3S/c1-3-15(2)21-20(23)17-8-10-19(11-9-17)26(24,25)22-13-12-16-6-4-5-7-18(16)14-22/h4-11,15H,3,12-14H2,1-2H3,(H,21,23). The molecule has 5 nitrogen and oxygen atoms in total. The smallest absolute Gasteiger partial charge is 0.251 e. The van der Waals surface area contributed by atoms with Crippen LogP contribution in [-0.4, -0.2) is 31.2 Å². The summed E-state index contributed by atoms with van der Waals surface area (Å²) in [5.74, 6) is -0.185. The molecular formula is C20H24N2O3S. The Labute approximate surface area is 155 Å². The SMILES string of the molecule is CCC(C)NC(=O)c1ccc(S(=O)(=O)N2CCc3ccccc3C2)cc1. The highest BCUT2D eigenvalue weighted by Crippen LogP contribution is 2.25. The number of rotatable bonds is 5. The molecule has 2 aromatic carbocycles. The summed E-state index contributed by atoms with van der Waals surface area (Å²) in [6.45, 7) is 4.78. The second-order valence-corrected chi connectivity index (χ2v) is 8.60. The van der Waals surface area contributed by atoms with Crippen LogP contribution in [0.2, 0.25) is 0 Å². The third-order valence-corrected chi connectivity index (χ3v) is 6.70. The molecule has 1 amide bonds. The summed E-state index contributed by atoms with van der Waals surface area (Å²) in [4.78, 5) is 12.4. The van der Waals surface area contributed by atoms with Crippen LogP contribution < -0.4 is 5.32 Å². The van der Waals surface area contributed by atoms with Crippen LogP contribution in [-0.2, 0) is 23.0 Å². The Hall–Kier alpha value is -2.18. The van der Waals surface area contributed by atoms with E-state index in [1.807, 2.05) is 38.1 Å². The minimum atomic E-state index is -3.57. The molecule has 6 heteroatoms. The van der Waals surface area contributed by atoms with Gasteiger partial charge in [0.15, 0.2) is 0 Å². The van der Waals surface area contributed by atoms with E-state index >= 15 is 0 Å². The fourth-order valence-corrected chi connectivity index (χ4v) is 4.43. The van der Waals surface area contributed by atoms with Crippen LogP contribution in [0.25, 0.3) is 0 Å². The van der Waals surface area contributed by atoms with Crippen LogP contribution in [0, 0.1) is 0 Å². The molecule has 0 spiro atoms. The lowest BCUT2D eigenvalue weighted by atomic mass is 10.0. The molecule has 0 saturated carbocycles. The summed E-state index contributed by atoms with van der Waals surface area (Å²) in [7, 11) is -3.57. The van der Waals surface area contributed by atoms with Crippen LogP contribution >= 0.6 is 0 Å². The Morgan fingerprint density at radius 1 is 1.12 bits per heavy atom. The average Bonchev–Trinajstić information content (AvgIpc) is 2.67. The highest BCUT2D eigenvalue weighted by Gasteiger charge is 2.28. The number of hydrogen-bond acceptors (Lipinski definition) is 3. The van der Waals surface area contributed by atoms with Gasteiger partial charge >= 0.3 is 0 Å². The topological polar surface area (TPSA) is 66.5 Å². The van der Waals surface area contributed by atoms with E-state index in [0.717, 1.165) is 12.0 Å². The molecule has 1 atom stereocenters. The van der Waals surface area contributed by atoms with Crippen molar-refractivity contribution in [1.82, 2.24) is 9.62 Å². The van der Waals surface area contributed by atoms with Crippen molar-refractivity contribution in [1.29, 1.82) is 0 Å². The first-order chi connectivity index (χ1) is 12.4. The molecule has 1 N–H and O–H groups in total. The lowest BCUT2D eigenvalue weighted by Gasteiger charge is -2.28. The van der Waals surface area contributed by atoms with E-state index in [1.54, 1.807) is 12.1 Å². The van der Waals surface area contributed by atoms with E-state index in [2.05, 4.69) is 5.32 Å². The normalized spacial score (nSPS) is 15.9. The van der Waals surface area contributed by atoms with Gasteiger partial charge in [-0.25, -0.2) is 8.42 Å². The summed E-state index contributed by atoms with van der Waals surface area (Å²) in [6, 6.07) is 14.2. The lowest BCUT2D eigenvalue weighted by molar-refractivity contribution is 0.0939. The minimum Gasteiger partial charge on any atom is -0.350 e. The molecule has 3 rings (SSSR count). The second kappa shape index (κ2) is 7.60. The van der Waals surface area contributed by atoms with Crippen molar-refractivity contribution in [2.45, 2.75) is 44.2 Å². The van der Waals surface area contributed by atoms with Crippen LogP contribution in [0.5, 0.6) is 0 Å². The number of hydrogen-bond donors (Lipinski definition) is 1. The van der Waals surface area contributed by atoms with Gasteiger partial charge in [-0.3, -0.25) is 4.79 Å². The highest BCUT2D eigenvalue weighted by atomic mass is 32.2. The van der Waals surface area contributed by atoms with Gasteiger partial charge in [-0.15, -0.1) is 0 Å². The number of nitrogens with zero attached hydrogens (tertiary/aromatic N) is 1. The van der Waals surface area contributed by atoms with Gasteiger partial charge in [0.2, 0.25) is 10.0 Å². The predicted octanol–water partition coefficient (Wildman–Crippen LogP) is 2.96. The number of carbonyl (C=O) groups is 1. The zero-order valence-electron chi connectivity index (χ0n) is 15.1. The number of carbonyl (C=O) groups excluding carboxylic acids is 1. The molecule has 0 aliphatic carbocycles. The maximum Gasteiger partial charge on any atom is 0.251 e. The van der Waals surface area contributed by atoms with Crippen molar-refractivity contribution in [3.8, 4) is 0 Å². The highest BCUT2D eigenvalue weighted by molar-refractivity contribution is 7.89. The molecule has 1 aliphatic heterocycles. The third kappa shape index (κ3) is 3.81. The zero-order chi connectivity index (χ0) is 18.7. The average molecular weight is 372 g/mol. The molecule has 0 aromatic heterocycles. The Morgan fingerprint density at radius 3 is 2.42 bits per heavy atom. The van der Waals surface area contributed by atoms with E-state index in [9.17, 15) is 13.2 Å². The van der Waals surface area contributed by atoms with Gasteiger partial charge < -0.3 is 5.32 Å². The molecule has 0 fully saturated rings. The molecule has 2 aromatic rings. The van der Waals surface area contributed by atoms with E-state index in [1.165, 1.54) is 22.0 Å². The van der Waals surface area contributed by atoms with Crippen molar-refractivity contribution in [2.24, 2.45) is 0 Å². The second-order valence-electron chi connectivity index (χ2n) is 6.66. The van der Waals surface area contributed by atoms with Gasteiger partial charge in [-0.2, -0.15) is 4.31 Å². The number of amides is 1. The van der Waals surface area contributed by atoms with Gasteiger partial charge in [-0.05, 0) is 55.2 Å². The Kier molecular flexibility index (Phi) is 5.44. The summed E-state index contributed by atoms with van der Waals surface area (Å²) >= 11 is 0. The summed E-state index contributed by atoms with van der Waals surface area (Å²) in [6.07, 6.45) is 1.55. The predicted molar refractivity (Wildman–Crippen MR) is 101 cm³/mol. The maximum atomic E-state index is 12.9. The zero-order valence-corrected chi connectivity index (χ0v) is 15.9. The van der Waals surface area contributed by atoms with Crippen LogP contribution in [0.3, 0.4) is 0 Å². The first-order valence-electron chi connectivity index (χ1n) is 8.89. The Bertz CT molecular complexity index is 892. The van der Waals surface area contributed by atoms with E-state index in [-0.39, 0.29) is 16.8 Å². The summed E-state index contributed by atoms with van der Waals surface area (Å²) in [5.41, 5.74) is 2.72. The molecule has 138 valence electrons. The minimum absolute atomic E-state index is 0.0827. The molecular weight excluding hydrogens is 348 g/mol. The molecule has 0 radical (unpaired) electrons. The van der Waals surface area contributed by atoms with Gasteiger partial charge in [0.25, 0.3) is 5.91 Å². The molecule has 1 aliphatic rings. The first kappa shape index (κ1) is 18.6. The van der Waals surface area contributed by atoms with Crippen LogP contribution in [0.1, 0.15) is 41.8 Å². The van der Waals surface area contributed by atoms with Crippen LogP contribution in [0.15, 0.2) is 53.4 Å². The lowest BCUT2D eigenvalue weighted by Crippen LogP contribution is -2.36. The van der Waals surface area contributed by atoms with Crippen molar-refractivity contribution in [3.05, 3.63) is 65.2 Å². The quantitative estimate of drug-likeness (QED) is 0.877. The van der Waals surface area contributed by atoms with Gasteiger partial charge in [0, 0.05) is 24.7 Å². The molecule has 0 saturated heterocycles. The van der Waals surface area contributed by atoms with Crippen molar-refractivity contribution >= 4 is 15.9 Å². The number of sulfonamides is 1. The fourth-order valence-electron chi connectivity index (χ4n) is 3.01. The summed E-state index contributed by atoms with van der Waals surface area (Å²) < 4.78 is 27.4. The van der Waals surface area contributed by atoms with Gasteiger partial charge in [0.1, 0.15) is 0 Å². The Balaban J connectivity index is 1.77. The van der Waals surface area contributed by atoms with Crippen molar-refractivity contribution < 1.29 is 13.2 Å². The molecule has 1 unspecified atom stereocenters. The number of nitrogens with one attached hydrogen (secondary N) is 1. The first-order valence-corrected chi connectivity index (χ1v) is 10.3. The van der Waals surface area contributed by atoms with E-state index in [4.69, 9.17) is 0 Å². The van der Waals surface area contributed by atoms with Gasteiger partial charge in [0.05, 0.1) is 4.90 Å². The largest absolute Gasteiger partial charge is 0.350 e. The maximum absolute atomic E-state index is 12.9. The molecule has 0 bridgehead atoms. The van der Waals surface area contributed by atoms with E-state index < -0.39 is 10.0 Å². The fraction of sp³-hybridized carbons (Fsp3) is 0.350. The van der Waals surface area contributed by atoms with Crippen molar-refractivity contribution in [3.63, 3.8) is 0 Å². The molecule has 1 heterocycles. The Morgan fingerprint density at radius 2 is 1.77 bits per heavy atom. The monoisotopic (exact) mass is 372 g/mol. The molecule has 26 heavy (non-hydrogen) atoms. The number of benzene rings is 2. The summed E-state index contributed by atoms with van der Waals surface area (Å²) in [5, 5.41) is 2.88. The van der Waals surface area contributed by atoms with Crippen LogP contribution in [0.4, 0.5) is 0 Å². The third-order valence-electron chi connectivity index (χ3n) is 4.84.